The second kappa shape index (κ2) is 7.99. The topological polar surface area (TPSA) is 89.0 Å². The van der Waals surface area contributed by atoms with Crippen LogP contribution in [0, 0.1) is 6.92 Å². The number of pyridine rings is 2. The van der Waals surface area contributed by atoms with Gasteiger partial charge in [0, 0.05) is 47.8 Å². The summed E-state index contributed by atoms with van der Waals surface area (Å²) in [6, 6.07) is 10.8. The molecule has 2 heterocycles. The smallest absolute Gasteiger partial charge is 0.264 e. The van der Waals surface area contributed by atoms with Gasteiger partial charge in [0.2, 0.25) is 5.91 Å². The van der Waals surface area contributed by atoms with Crippen LogP contribution in [-0.2, 0) is 20.2 Å². The van der Waals surface area contributed by atoms with Gasteiger partial charge >= 0.3 is 0 Å². The molecule has 0 unspecified atom stereocenters. The Balaban J connectivity index is 2.00. The van der Waals surface area contributed by atoms with Gasteiger partial charge in [0.05, 0.1) is 4.90 Å². The Bertz CT molecular complexity index is 1210. The van der Waals surface area contributed by atoms with E-state index in [9.17, 15) is 13.2 Å². The summed E-state index contributed by atoms with van der Waals surface area (Å²) in [7, 11) is -3.87. The number of aryl methyl sites for hydroxylation is 1. The molecule has 0 aliphatic heterocycles. The van der Waals surface area contributed by atoms with Gasteiger partial charge in [-0.3, -0.25) is 14.8 Å². The number of aromatic nitrogens is 2. The van der Waals surface area contributed by atoms with Crippen LogP contribution in [0.25, 0.3) is 22.3 Å². The molecule has 0 saturated heterocycles. The van der Waals surface area contributed by atoms with Gasteiger partial charge in [-0.05, 0) is 53.9 Å². The molecule has 0 aliphatic carbocycles. The van der Waals surface area contributed by atoms with E-state index in [2.05, 4.69) is 36.8 Å². The van der Waals surface area contributed by atoms with E-state index in [0.717, 1.165) is 33.5 Å². The van der Waals surface area contributed by atoms with Crippen molar-refractivity contribution in [2.75, 3.05) is 0 Å². The molecule has 0 spiro atoms. The van der Waals surface area contributed by atoms with Crippen LogP contribution in [-0.4, -0.2) is 24.3 Å². The van der Waals surface area contributed by atoms with Crippen molar-refractivity contribution in [3.05, 3.63) is 66.2 Å². The molecule has 30 heavy (non-hydrogen) atoms. The minimum absolute atomic E-state index is 0.0482. The molecular formula is C23H25N3O3S. The molecule has 1 N–H and O–H groups in total. The summed E-state index contributed by atoms with van der Waals surface area (Å²) in [5.41, 5.74) is 5.42. The van der Waals surface area contributed by atoms with E-state index >= 15 is 0 Å². The summed E-state index contributed by atoms with van der Waals surface area (Å²) in [5, 5.41) is 0. The number of amides is 1. The highest BCUT2D eigenvalue weighted by Crippen LogP contribution is 2.30. The Morgan fingerprint density at radius 1 is 0.967 bits per heavy atom. The van der Waals surface area contributed by atoms with Gasteiger partial charge < -0.3 is 0 Å². The fourth-order valence-electron chi connectivity index (χ4n) is 3.14. The number of nitrogens with one attached hydrogen (secondary N) is 1. The Morgan fingerprint density at radius 3 is 2.30 bits per heavy atom. The number of sulfonamides is 1. The average molecular weight is 424 g/mol. The van der Waals surface area contributed by atoms with Gasteiger partial charge in [-0.15, -0.1) is 0 Å². The molecule has 7 heteroatoms. The van der Waals surface area contributed by atoms with E-state index in [4.69, 9.17) is 0 Å². The minimum Gasteiger partial charge on any atom is -0.274 e. The zero-order valence-corrected chi connectivity index (χ0v) is 18.5. The number of carbonyl (C=O) groups is 1. The minimum atomic E-state index is -3.87. The number of carbonyl (C=O) groups excluding carboxylic acids is 1. The zero-order valence-electron chi connectivity index (χ0n) is 17.7. The third-order valence-corrected chi connectivity index (χ3v) is 6.13. The molecule has 0 saturated carbocycles. The Hall–Kier alpha value is -3.06. The van der Waals surface area contributed by atoms with Crippen LogP contribution in [0.15, 0.2) is 59.9 Å². The van der Waals surface area contributed by atoms with Crippen LogP contribution in [0.2, 0.25) is 0 Å². The molecule has 0 bridgehead atoms. The summed E-state index contributed by atoms with van der Waals surface area (Å²) in [6.45, 7) is 9.36. The quantitative estimate of drug-likeness (QED) is 0.678. The first-order valence-electron chi connectivity index (χ1n) is 9.54. The molecule has 0 radical (unpaired) electrons. The lowest BCUT2D eigenvalue weighted by Gasteiger charge is -2.18. The molecule has 3 rings (SSSR count). The SMILES string of the molecule is CC(=O)NS(=O)(=O)c1ccc(-c2cncc(-c3ccnc(C(C)(C)C)c3)c2)c(C)c1. The van der Waals surface area contributed by atoms with E-state index in [-0.39, 0.29) is 10.3 Å². The number of benzene rings is 1. The molecule has 0 fully saturated rings. The largest absolute Gasteiger partial charge is 0.274 e. The van der Waals surface area contributed by atoms with Gasteiger partial charge in [-0.2, -0.15) is 0 Å². The highest BCUT2D eigenvalue weighted by Gasteiger charge is 2.18. The Kier molecular flexibility index (Phi) is 5.76. The Morgan fingerprint density at radius 2 is 1.67 bits per heavy atom. The fourth-order valence-corrected chi connectivity index (χ4v) is 4.22. The van der Waals surface area contributed by atoms with Crippen molar-refractivity contribution < 1.29 is 13.2 Å². The van der Waals surface area contributed by atoms with Crippen molar-refractivity contribution in [1.29, 1.82) is 0 Å². The lowest BCUT2D eigenvalue weighted by molar-refractivity contribution is -0.117. The van der Waals surface area contributed by atoms with Gasteiger partial charge in [-0.25, -0.2) is 13.1 Å². The molecule has 0 aliphatic rings. The summed E-state index contributed by atoms with van der Waals surface area (Å²) >= 11 is 0. The number of rotatable bonds is 4. The molecule has 0 atom stereocenters. The van der Waals surface area contributed by atoms with Crippen molar-refractivity contribution >= 4 is 15.9 Å². The van der Waals surface area contributed by atoms with Crippen LogP contribution in [0.3, 0.4) is 0 Å². The number of nitrogens with zero attached hydrogens (tertiary/aromatic N) is 2. The summed E-state index contributed by atoms with van der Waals surface area (Å²) < 4.78 is 26.5. The molecule has 2 aromatic heterocycles. The highest BCUT2D eigenvalue weighted by molar-refractivity contribution is 7.90. The van der Waals surface area contributed by atoms with E-state index in [1.165, 1.54) is 13.0 Å². The maximum absolute atomic E-state index is 12.2. The maximum Gasteiger partial charge on any atom is 0.264 e. The third kappa shape index (κ3) is 4.74. The second-order valence-electron chi connectivity index (χ2n) is 8.28. The molecular weight excluding hydrogens is 398 g/mol. The van der Waals surface area contributed by atoms with Gasteiger partial charge in [0.1, 0.15) is 0 Å². The van der Waals surface area contributed by atoms with E-state index in [1.54, 1.807) is 30.7 Å². The lowest BCUT2D eigenvalue weighted by atomic mass is 9.90. The third-order valence-electron chi connectivity index (χ3n) is 4.70. The Labute approximate surface area is 177 Å². The molecule has 156 valence electrons. The number of hydrogen-bond acceptors (Lipinski definition) is 5. The summed E-state index contributed by atoms with van der Waals surface area (Å²) in [5.74, 6) is -0.624. The summed E-state index contributed by atoms with van der Waals surface area (Å²) in [6.07, 6.45) is 5.35. The van der Waals surface area contributed by atoms with E-state index in [0.29, 0.717) is 0 Å². The molecule has 6 nitrogen and oxygen atoms in total. The van der Waals surface area contributed by atoms with Gasteiger partial charge in [-0.1, -0.05) is 26.8 Å². The van der Waals surface area contributed by atoms with E-state index < -0.39 is 15.9 Å². The highest BCUT2D eigenvalue weighted by atomic mass is 32.2. The normalized spacial score (nSPS) is 11.9. The lowest BCUT2D eigenvalue weighted by Crippen LogP contribution is -2.28. The predicted octanol–water partition coefficient (Wildman–Crippen LogP) is 4.24. The van der Waals surface area contributed by atoms with Gasteiger partial charge in [0.25, 0.3) is 10.0 Å². The first kappa shape index (κ1) is 21.6. The van der Waals surface area contributed by atoms with Crippen molar-refractivity contribution in [2.45, 2.75) is 44.9 Å². The second-order valence-corrected chi connectivity index (χ2v) is 9.96. The maximum atomic E-state index is 12.2. The first-order valence-corrected chi connectivity index (χ1v) is 11.0. The number of hydrogen-bond donors (Lipinski definition) is 1. The fraction of sp³-hybridized carbons (Fsp3) is 0.261. The van der Waals surface area contributed by atoms with Crippen molar-refractivity contribution in [2.24, 2.45) is 0 Å². The average Bonchev–Trinajstić information content (AvgIpc) is 2.66. The molecule has 1 amide bonds. The van der Waals surface area contributed by atoms with Crippen molar-refractivity contribution in [1.82, 2.24) is 14.7 Å². The van der Waals surface area contributed by atoms with Crippen LogP contribution in [0.4, 0.5) is 0 Å². The first-order chi connectivity index (χ1) is 14.0. The van der Waals surface area contributed by atoms with E-state index in [1.807, 2.05) is 23.8 Å². The molecule has 1 aromatic carbocycles. The van der Waals surface area contributed by atoms with Crippen LogP contribution >= 0.6 is 0 Å². The van der Waals surface area contributed by atoms with Crippen LogP contribution in [0.5, 0.6) is 0 Å². The van der Waals surface area contributed by atoms with Crippen LogP contribution < -0.4 is 4.72 Å². The van der Waals surface area contributed by atoms with Crippen LogP contribution in [0.1, 0.15) is 39.0 Å². The molecule has 3 aromatic rings. The van der Waals surface area contributed by atoms with Crippen molar-refractivity contribution in [3.8, 4) is 22.3 Å². The summed E-state index contributed by atoms with van der Waals surface area (Å²) in [4.78, 5) is 20.1. The van der Waals surface area contributed by atoms with Gasteiger partial charge in [0.15, 0.2) is 0 Å². The van der Waals surface area contributed by atoms with Crippen molar-refractivity contribution in [3.63, 3.8) is 0 Å². The zero-order chi connectivity index (χ0) is 22.1. The standard InChI is InChI=1S/C23H25N3O3S/c1-15-10-20(30(28,29)26-16(2)27)6-7-21(15)19-11-18(13-24-14-19)17-8-9-25-22(12-17)23(3,4)5/h6-14H,1-5H3,(H,26,27). The monoisotopic (exact) mass is 423 g/mol. The predicted molar refractivity (Wildman–Crippen MR) is 117 cm³/mol.